The molecule has 0 unspecified atom stereocenters. The Morgan fingerprint density at radius 3 is 2.64 bits per heavy atom. The van der Waals surface area contributed by atoms with Gasteiger partial charge in [-0.25, -0.2) is 0 Å². The fraction of sp³-hybridized carbons (Fsp3) is 0.562. The van der Waals surface area contributed by atoms with Gasteiger partial charge in [-0.15, -0.1) is 0 Å². The number of ether oxygens (including phenoxy) is 2. The summed E-state index contributed by atoms with van der Waals surface area (Å²) in [6.45, 7) is 4.10. The van der Waals surface area contributed by atoms with E-state index in [0.717, 1.165) is 0 Å². The topological polar surface area (TPSA) is 76.0 Å². The van der Waals surface area contributed by atoms with Gasteiger partial charge in [-0.2, -0.15) is 12.6 Å². The summed E-state index contributed by atoms with van der Waals surface area (Å²) in [4.78, 5) is 11.1. The smallest absolute Gasteiger partial charge is 0.315 e. The first-order valence-corrected chi connectivity index (χ1v) is 7.82. The molecule has 0 aromatic heterocycles. The van der Waals surface area contributed by atoms with Gasteiger partial charge in [-0.1, -0.05) is 32.0 Å². The monoisotopic (exact) mass is 328 g/mol. The zero-order chi connectivity index (χ0) is 16.6. The van der Waals surface area contributed by atoms with Gasteiger partial charge in [0.05, 0.1) is 25.1 Å². The predicted molar refractivity (Wildman–Crippen MR) is 87.2 cm³/mol. The van der Waals surface area contributed by atoms with E-state index < -0.39 is 11.5 Å². The van der Waals surface area contributed by atoms with Crippen LogP contribution in [0.25, 0.3) is 0 Å². The molecule has 0 aliphatic carbocycles. The summed E-state index contributed by atoms with van der Waals surface area (Å²) in [5.74, 6) is 0.214. The number of benzene rings is 1. The number of aliphatic hydroxyl groups excluding tert-OH is 2. The molecule has 0 fully saturated rings. The number of esters is 1. The Morgan fingerprint density at radius 1 is 1.32 bits per heavy atom. The van der Waals surface area contributed by atoms with Crippen LogP contribution in [-0.4, -0.2) is 41.8 Å². The first kappa shape index (κ1) is 18.8. The highest BCUT2D eigenvalue weighted by atomic mass is 32.1. The molecule has 0 saturated heterocycles. The van der Waals surface area contributed by atoms with Crippen LogP contribution in [0.1, 0.15) is 31.9 Å². The highest BCUT2D eigenvalue weighted by molar-refractivity contribution is 7.81. The van der Waals surface area contributed by atoms with Crippen LogP contribution in [0, 0.1) is 5.41 Å². The molecule has 1 atom stereocenters. The number of hydrogen-bond donors (Lipinski definition) is 3. The van der Waals surface area contributed by atoms with E-state index in [-0.39, 0.29) is 31.5 Å². The molecule has 6 heteroatoms. The Balaban J connectivity index is 2.75. The fourth-order valence-corrected chi connectivity index (χ4v) is 2.12. The zero-order valence-corrected chi connectivity index (χ0v) is 13.9. The summed E-state index contributed by atoms with van der Waals surface area (Å²) >= 11 is 3.84. The lowest BCUT2D eigenvalue weighted by atomic mass is 9.80. The van der Waals surface area contributed by atoms with Crippen LogP contribution in [0.2, 0.25) is 0 Å². The lowest BCUT2D eigenvalue weighted by molar-refractivity contribution is -0.141. The molecule has 0 bridgehead atoms. The second kappa shape index (κ2) is 9.02. The summed E-state index contributed by atoms with van der Waals surface area (Å²) < 4.78 is 10.5. The molecule has 1 aromatic carbocycles. The van der Waals surface area contributed by atoms with Gasteiger partial charge in [0, 0.05) is 5.56 Å². The van der Waals surface area contributed by atoms with E-state index in [4.69, 9.17) is 14.6 Å². The average molecular weight is 328 g/mol. The Hall–Kier alpha value is -1.24. The van der Waals surface area contributed by atoms with Crippen molar-refractivity contribution in [1.82, 2.24) is 0 Å². The predicted octanol–water partition coefficient (Wildman–Crippen LogP) is 1.98. The summed E-state index contributed by atoms with van der Waals surface area (Å²) in [6.07, 6.45) is -0.278. The molecule has 0 spiro atoms. The molecule has 0 aliphatic rings. The van der Waals surface area contributed by atoms with Gasteiger partial charge >= 0.3 is 5.97 Å². The number of thiol groups is 1. The van der Waals surface area contributed by atoms with Gasteiger partial charge in [0.1, 0.15) is 12.4 Å². The van der Waals surface area contributed by atoms with Gasteiger partial charge in [-0.05, 0) is 17.9 Å². The van der Waals surface area contributed by atoms with Crippen LogP contribution in [0.4, 0.5) is 0 Å². The molecule has 124 valence electrons. The maximum absolute atomic E-state index is 11.1. The standard InChI is InChI=1S/C16H24O5S/c1-16(2,7-9-21-14(18)11-22)15(19)12-5-3-4-6-13(12)20-10-8-17/h3-6,15,17,19,22H,7-11H2,1-2H3/t15-/m0/s1. The molecule has 0 amide bonds. The summed E-state index contributed by atoms with van der Waals surface area (Å²) in [5.41, 5.74) is 0.150. The minimum atomic E-state index is -0.780. The molecule has 5 nitrogen and oxygen atoms in total. The number of carbonyl (C=O) groups is 1. The van der Waals surface area contributed by atoms with Gasteiger partial charge in [-0.3, -0.25) is 4.79 Å². The van der Waals surface area contributed by atoms with Crippen LogP contribution >= 0.6 is 12.6 Å². The van der Waals surface area contributed by atoms with Crippen LogP contribution in [-0.2, 0) is 9.53 Å². The van der Waals surface area contributed by atoms with Gasteiger partial charge < -0.3 is 19.7 Å². The van der Waals surface area contributed by atoms with E-state index in [2.05, 4.69) is 12.6 Å². The third-order valence-corrected chi connectivity index (χ3v) is 3.70. The third-order valence-electron chi connectivity index (χ3n) is 3.44. The van der Waals surface area contributed by atoms with Gasteiger partial charge in [0.2, 0.25) is 0 Å². The summed E-state index contributed by atoms with van der Waals surface area (Å²) in [7, 11) is 0. The second-order valence-electron chi connectivity index (χ2n) is 5.63. The number of para-hydroxylation sites is 1. The largest absolute Gasteiger partial charge is 0.491 e. The van der Waals surface area contributed by atoms with Crippen LogP contribution in [0.15, 0.2) is 24.3 Å². The lowest BCUT2D eigenvalue weighted by Gasteiger charge is -2.31. The van der Waals surface area contributed by atoms with Crippen molar-refractivity contribution in [3.63, 3.8) is 0 Å². The van der Waals surface area contributed by atoms with Crippen molar-refractivity contribution in [2.45, 2.75) is 26.4 Å². The number of hydrogen-bond acceptors (Lipinski definition) is 6. The van der Waals surface area contributed by atoms with Crippen molar-refractivity contribution in [3.8, 4) is 5.75 Å². The van der Waals surface area contributed by atoms with Crippen molar-refractivity contribution in [1.29, 1.82) is 0 Å². The van der Waals surface area contributed by atoms with Crippen molar-refractivity contribution >= 4 is 18.6 Å². The summed E-state index contributed by atoms with van der Waals surface area (Å²) in [6, 6.07) is 7.18. The molecule has 22 heavy (non-hydrogen) atoms. The van der Waals surface area contributed by atoms with Crippen LogP contribution in [0.5, 0.6) is 5.75 Å². The maximum Gasteiger partial charge on any atom is 0.315 e. The Morgan fingerprint density at radius 2 is 2.00 bits per heavy atom. The van der Waals surface area contributed by atoms with E-state index in [0.29, 0.717) is 17.7 Å². The van der Waals surface area contributed by atoms with E-state index in [1.165, 1.54) is 0 Å². The van der Waals surface area contributed by atoms with E-state index >= 15 is 0 Å². The molecule has 0 aliphatic heterocycles. The molecule has 0 heterocycles. The zero-order valence-electron chi connectivity index (χ0n) is 13.0. The minimum absolute atomic E-state index is 0.0425. The van der Waals surface area contributed by atoms with Gasteiger partial charge in [0.25, 0.3) is 0 Å². The normalized spacial score (nSPS) is 12.8. The summed E-state index contributed by atoms with van der Waals surface area (Å²) in [5, 5.41) is 19.5. The molecular weight excluding hydrogens is 304 g/mol. The van der Waals surface area contributed by atoms with Crippen LogP contribution in [0.3, 0.4) is 0 Å². The number of carbonyl (C=O) groups excluding carboxylic acids is 1. The fourth-order valence-electron chi connectivity index (χ4n) is 2.02. The minimum Gasteiger partial charge on any atom is -0.491 e. The first-order valence-electron chi connectivity index (χ1n) is 7.19. The molecule has 0 saturated carbocycles. The highest BCUT2D eigenvalue weighted by Gasteiger charge is 2.31. The highest BCUT2D eigenvalue weighted by Crippen LogP contribution is 2.40. The van der Waals surface area contributed by atoms with E-state index in [1.807, 2.05) is 26.0 Å². The van der Waals surface area contributed by atoms with Crippen molar-refractivity contribution in [2.75, 3.05) is 25.6 Å². The Kier molecular flexibility index (Phi) is 7.72. The second-order valence-corrected chi connectivity index (χ2v) is 5.95. The maximum atomic E-state index is 11.1. The number of aliphatic hydroxyl groups is 2. The number of rotatable bonds is 9. The van der Waals surface area contributed by atoms with Crippen molar-refractivity contribution in [2.24, 2.45) is 5.41 Å². The molecule has 2 N–H and O–H groups in total. The lowest BCUT2D eigenvalue weighted by Crippen LogP contribution is -2.25. The first-order chi connectivity index (χ1) is 10.4. The molecular formula is C16H24O5S. The third kappa shape index (κ3) is 5.51. The van der Waals surface area contributed by atoms with Crippen LogP contribution < -0.4 is 4.74 Å². The van der Waals surface area contributed by atoms with Gasteiger partial charge in [0.15, 0.2) is 0 Å². The van der Waals surface area contributed by atoms with E-state index in [1.54, 1.807) is 12.1 Å². The van der Waals surface area contributed by atoms with E-state index in [9.17, 15) is 9.90 Å². The Bertz CT molecular complexity index is 475. The Labute approximate surface area is 136 Å². The van der Waals surface area contributed by atoms with Crippen molar-refractivity contribution in [3.05, 3.63) is 29.8 Å². The molecule has 1 aromatic rings. The van der Waals surface area contributed by atoms with Crippen molar-refractivity contribution < 1.29 is 24.5 Å². The average Bonchev–Trinajstić information content (AvgIpc) is 2.52. The molecule has 1 rings (SSSR count). The quantitative estimate of drug-likeness (QED) is 0.477. The molecule has 0 radical (unpaired) electrons. The SMILES string of the molecule is CC(C)(CCOC(=O)CS)[C@@H](O)c1ccccc1OCCO.